The average Bonchev–Trinajstić information content (AvgIpc) is 2.33. The van der Waals surface area contributed by atoms with Crippen LogP contribution in [0.5, 0.6) is 0 Å². The molecule has 0 aliphatic carbocycles. The lowest BCUT2D eigenvalue weighted by Crippen LogP contribution is -2.25. The summed E-state index contributed by atoms with van der Waals surface area (Å²) in [4.78, 5) is -1.15. The summed E-state index contributed by atoms with van der Waals surface area (Å²) in [5.41, 5.74) is 0. The molecule has 0 amide bonds. The Kier molecular flexibility index (Phi) is 5.53. The van der Waals surface area contributed by atoms with E-state index in [0.29, 0.717) is 6.07 Å². The van der Waals surface area contributed by atoms with Crippen molar-refractivity contribution in [2.24, 2.45) is 0 Å². The van der Waals surface area contributed by atoms with Gasteiger partial charge in [0, 0.05) is 23.6 Å². The zero-order valence-electron chi connectivity index (χ0n) is 10.4. The second-order valence-electron chi connectivity index (χ2n) is 3.60. The van der Waals surface area contributed by atoms with Gasteiger partial charge in [0.25, 0.3) is 9.05 Å². The average molecular weight is 340 g/mol. The van der Waals surface area contributed by atoms with Gasteiger partial charge in [-0.2, -0.15) is 0 Å². The van der Waals surface area contributed by atoms with E-state index < -0.39 is 34.7 Å². The van der Waals surface area contributed by atoms with Gasteiger partial charge in [-0.25, -0.2) is 25.9 Å². The number of rotatable bonds is 5. The molecule has 1 aromatic carbocycles. The maximum absolute atomic E-state index is 13.7. The van der Waals surface area contributed by atoms with Crippen LogP contribution in [0, 0.1) is 17.7 Å². The minimum atomic E-state index is -4.11. The smallest absolute Gasteiger partial charge is 0.210 e. The molecule has 1 aromatic rings. The van der Waals surface area contributed by atoms with Crippen molar-refractivity contribution in [2.45, 2.75) is 23.1 Å². The molecule has 0 fully saturated rings. The largest absolute Gasteiger partial charge is 0.261 e. The standard InChI is InChI=1S/C11H11ClFNO4S2/c1-2-3-4-7-14-20(17,18)11-6-5-9(8-10(11)13)19(12,15)16/h5-6,8,14H,4,7H2,1H3. The second kappa shape index (κ2) is 6.54. The molecule has 0 aromatic heterocycles. The maximum atomic E-state index is 13.7. The molecular formula is C11H11ClFNO4S2. The first-order valence-corrected chi connectivity index (χ1v) is 9.11. The number of halogens is 2. The monoisotopic (exact) mass is 339 g/mol. The Balaban J connectivity index is 3.04. The maximum Gasteiger partial charge on any atom is 0.261 e. The Labute approximate surface area is 121 Å². The zero-order valence-corrected chi connectivity index (χ0v) is 12.7. The number of hydrogen-bond donors (Lipinski definition) is 1. The van der Waals surface area contributed by atoms with Gasteiger partial charge >= 0.3 is 0 Å². The Morgan fingerprint density at radius 1 is 1.30 bits per heavy atom. The predicted molar refractivity (Wildman–Crippen MR) is 72.7 cm³/mol. The molecule has 110 valence electrons. The van der Waals surface area contributed by atoms with Crippen LogP contribution >= 0.6 is 10.7 Å². The van der Waals surface area contributed by atoms with Gasteiger partial charge in [0.2, 0.25) is 10.0 Å². The Hall–Kier alpha value is -1.14. The minimum absolute atomic E-state index is 0.0260. The molecule has 0 aliphatic rings. The third-order valence-electron chi connectivity index (χ3n) is 2.19. The minimum Gasteiger partial charge on any atom is -0.210 e. The summed E-state index contributed by atoms with van der Waals surface area (Å²) in [6, 6.07) is 2.33. The first-order valence-electron chi connectivity index (χ1n) is 5.32. The summed E-state index contributed by atoms with van der Waals surface area (Å²) in [6.45, 7) is 1.64. The van der Waals surface area contributed by atoms with Gasteiger partial charge in [0.05, 0.1) is 4.90 Å². The van der Waals surface area contributed by atoms with Crippen molar-refractivity contribution in [3.63, 3.8) is 0 Å². The van der Waals surface area contributed by atoms with Crippen LogP contribution in [0.2, 0.25) is 0 Å². The number of sulfonamides is 1. The summed E-state index contributed by atoms with van der Waals surface area (Å²) in [7, 11) is -3.14. The first kappa shape index (κ1) is 16.9. The van der Waals surface area contributed by atoms with E-state index in [1.807, 2.05) is 0 Å². The molecule has 0 unspecified atom stereocenters. The van der Waals surface area contributed by atoms with Gasteiger partial charge in [-0.3, -0.25) is 0 Å². The molecule has 0 aliphatic heterocycles. The highest BCUT2D eigenvalue weighted by atomic mass is 35.7. The highest BCUT2D eigenvalue weighted by Gasteiger charge is 2.21. The molecule has 0 saturated heterocycles. The first-order chi connectivity index (χ1) is 9.18. The fraction of sp³-hybridized carbons (Fsp3) is 0.273. The van der Waals surface area contributed by atoms with E-state index in [0.717, 1.165) is 12.1 Å². The van der Waals surface area contributed by atoms with Crippen LogP contribution in [0.25, 0.3) is 0 Å². The van der Waals surface area contributed by atoms with Gasteiger partial charge < -0.3 is 0 Å². The Bertz CT molecular complexity index is 763. The molecule has 20 heavy (non-hydrogen) atoms. The SMILES string of the molecule is CC#CCCNS(=O)(=O)c1ccc(S(=O)(=O)Cl)cc1F. The lowest BCUT2D eigenvalue weighted by atomic mass is 10.3. The molecule has 0 spiro atoms. The van der Waals surface area contributed by atoms with E-state index in [1.54, 1.807) is 6.92 Å². The second-order valence-corrected chi connectivity index (χ2v) is 7.91. The lowest BCUT2D eigenvalue weighted by Gasteiger charge is -2.07. The van der Waals surface area contributed by atoms with Crippen LogP contribution in [-0.4, -0.2) is 23.4 Å². The summed E-state index contributed by atoms with van der Waals surface area (Å²) in [5, 5.41) is 0. The van der Waals surface area contributed by atoms with Crippen LogP contribution in [0.4, 0.5) is 4.39 Å². The summed E-state index contributed by atoms with van der Waals surface area (Å²) < 4.78 is 61.4. The fourth-order valence-corrected chi connectivity index (χ4v) is 3.15. The lowest BCUT2D eigenvalue weighted by molar-refractivity contribution is 0.554. The van der Waals surface area contributed by atoms with E-state index in [-0.39, 0.29) is 13.0 Å². The van der Waals surface area contributed by atoms with Gasteiger partial charge in [-0.1, -0.05) is 0 Å². The molecular weight excluding hydrogens is 329 g/mol. The summed E-state index contributed by atoms with van der Waals surface area (Å²) in [5.74, 6) is 4.04. The molecule has 0 heterocycles. The van der Waals surface area contributed by atoms with Crippen molar-refractivity contribution in [3.8, 4) is 11.8 Å². The van der Waals surface area contributed by atoms with E-state index in [2.05, 4.69) is 16.6 Å². The normalized spacial score (nSPS) is 11.8. The molecule has 0 atom stereocenters. The zero-order chi connectivity index (χ0) is 15.4. The Morgan fingerprint density at radius 2 is 1.95 bits per heavy atom. The van der Waals surface area contributed by atoms with Crippen molar-refractivity contribution in [2.75, 3.05) is 6.54 Å². The highest BCUT2D eigenvalue weighted by molar-refractivity contribution is 8.13. The van der Waals surface area contributed by atoms with Crippen LogP contribution in [-0.2, 0) is 19.1 Å². The molecule has 1 rings (SSSR count). The van der Waals surface area contributed by atoms with Crippen molar-refractivity contribution in [1.29, 1.82) is 0 Å². The molecule has 5 nitrogen and oxygen atoms in total. The van der Waals surface area contributed by atoms with E-state index in [4.69, 9.17) is 10.7 Å². The quantitative estimate of drug-likeness (QED) is 0.500. The third-order valence-corrected chi connectivity index (χ3v) is 5.04. The van der Waals surface area contributed by atoms with Gasteiger partial charge in [0.1, 0.15) is 10.7 Å². The van der Waals surface area contributed by atoms with Crippen molar-refractivity contribution in [3.05, 3.63) is 24.0 Å². The van der Waals surface area contributed by atoms with Gasteiger partial charge in [-0.05, 0) is 25.1 Å². The van der Waals surface area contributed by atoms with Crippen LogP contribution < -0.4 is 4.72 Å². The van der Waals surface area contributed by atoms with E-state index in [9.17, 15) is 21.2 Å². The molecule has 0 saturated carbocycles. The van der Waals surface area contributed by atoms with Crippen LogP contribution in [0.15, 0.2) is 28.0 Å². The molecule has 9 heteroatoms. The van der Waals surface area contributed by atoms with Crippen molar-refractivity contribution < 1.29 is 21.2 Å². The van der Waals surface area contributed by atoms with Crippen molar-refractivity contribution >= 4 is 29.8 Å². The van der Waals surface area contributed by atoms with Crippen LogP contribution in [0.3, 0.4) is 0 Å². The number of benzene rings is 1. The van der Waals surface area contributed by atoms with Gasteiger partial charge in [0.15, 0.2) is 0 Å². The predicted octanol–water partition coefficient (Wildman–Crippen LogP) is 1.44. The molecule has 0 bridgehead atoms. The molecule has 1 N–H and O–H groups in total. The topological polar surface area (TPSA) is 80.3 Å². The molecule has 0 radical (unpaired) electrons. The third kappa shape index (κ3) is 4.45. The summed E-state index contributed by atoms with van der Waals surface area (Å²) >= 11 is 0. The summed E-state index contributed by atoms with van der Waals surface area (Å²) in [6.07, 6.45) is 0.283. The Morgan fingerprint density at radius 3 is 2.45 bits per heavy atom. The van der Waals surface area contributed by atoms with E-state index in [1.165, 1.54) is 0 Å². The van der Waals surface area contributed by atoms with Crippen LogP contribution in [0.1, 0.15) is 13.3 Å². The highest BCUT2D eigenvalue weighted by Crippen LogP contribution is 2.21. The number of hydrogen-bond acceptors (Lipinski definition) is 4. The number of nitrogens with one attached hydrogen (secondary N) is 1. The van der Waals surface area contributed by atoms with Crippen molar-refractivity contribution in [1.82, 2.24) is 4.72 Å². The van der Waals surface area contributed by atoms with Gasteiger partial charge in [-0.15, -0.1) is 11.8 Å². The van der Waals surface area contributed by atoms with E-state index >= 15 is 0 Å². The fourth-order valence-electron chi connectivity index (χ4n) is 1.30.